The van der Waals surface area contributed by atoms with Crippen molar-refractivity contribution in [3.63, 3.8) is 0 Å². The minimum atomic E-state index is 0.882. The maximum Gasteiger partial charge on any atom is -0.0205 e. The summed E-state index contributed by atoms with van der Waals surface area (Å²) in [5.74, 6) is 30.9. The number of hydrogen-bond donors (Lipinski definition) is 0. The second-order valence-electron chi connectivity index (χ2n) is 30.7. The molecule has 0 heterocycles. The van der Waals surface area contributed by atoms with Gasteiger partial charge in [0, 0.05) is 0 Å². The Morgan fingerprint density at radius 2 is 0.486 bits per heavy atom. The van der Waals surface area contributed by atoms with Crippen molar-refractivity contribution in [1.82, 2.24) is 0 Å². The first-order valence-corrected chi connectivity index (χ1v) is 32.0. The molecule has 0 amide bonds. The molecule has 0 heteroatoms. The summed E-state index contributed by atoms with van der Waals surface area (Å²) in [6.07, 6.45) is 42.1. The van der Waals surface area contributed by atoms with Crippen molar-refractivity contribution in [2.24, 2.45) is 178 Å². The van der Waals surface area contributed by atoms with Crippen LogP contribution < -0.4 is 0 Å². The monoisotopic (exact) mass is 957 g/mol. The van der Waals surface area contributed by atoms with E-state index in [1.165, 1.54) is 77.0 Å². The summed E-state index contributed by atoms with van der Waals surface area (Å²) in [6.45, 7) is 40.0. The van der Waals surface area contributed by atoms with Crippen LogP contribution in [-0.2, 0) is 0 Å². The van der Waals surface area contributed by atoms with E-state index in [-0.39, 0.29) is 0 Å². The molecule has 396 valence electrons. The summed E-state index contributed by atoms with van der Waals surface area (Å²) >= 11 is 0. The van der Waals surface area contributed by atoms with Gasteiger partial charge in [-0.15, -0.1) is 26.3 Å². The average molecular weight is 958 g/mol. The van der Waals surface area contributed by atoms with Gasteiger partial charge in [0.15, 0.2) is 0 Å². The molecule has 0 aromatic rings. The van der Waals surface area contributed by atoms with Gasteiger partial charge in [0.1, 0.15) is 0 Å². The Balaban J connectivity index is 0.000000116. The normalized spacial score (nSPS) is 48.8. The van der Waals surface area contributed by atoms with Gasteiger partial charge in [-0.05, 0) is 319 Å². The zero-order chi connectivity index (χ0) is 49.7. The third kappa shape index (κ3) is 14.3. The van der Waals surface area contributed by atoms with Gasteiger partial charge < -0.3 is 0 Å². The van der Waals surface area contributed by atoms with Gasteiger partial charge in [0.2, 0.25) is 0 Å². The van der Waals surface area contributed by atoms with E-state index in [0.717, 1.165) is 178 Å². The lowest BCUT2D eigenvalue weighted by molar-refractivity contribution is 0.0600. The molecule has 12 saturated carbocycles. The fraction of sp³-hybridized carbons (Fsp3) is 0.886. The molecule has 0 N–H and O–H groups in total. The van der Waals surface area contributed by atoms with E-state index < -0.39 is 0 Å². The number of hydrogen-bond acceptors (Lipinski definition) is 0. The van der Waals surface area contributed by atoms with Crippen LogP contribution in [0.5, 0.6) is 0 Å². The van der Waals surface area contributed by atoms with Gasteiger partial charge in [-0.1, -0.05) is 93.5 Å². The van der Waals surface area contributed by atoms with Gasteiger partial charge in [-0.25, -0.2) is 0 Å². The molecule has 0 saturated heterocycles. The predicted molar refractivity (Wildman–Crippen MR) is 304 cm³/mol. The van der Waals surface area contributed by atoms with Crippen LogP contribution in [0.1, 0.15) is 210 Å². The topological polar surface area (TPSA) is 0 Å². The van der Waals surface area contributed by atoms with Crippen LogP contribution in [0.25, 0.3) is 0 Å². The van der Waals surface area contributed by atoms with Crippen LogP contribution in [0.4, 0.5) is 0 Å². The molecule has 0 nitrogen and oxygen atoms in total. The summed E-state index contributed by atoms with van der Waals surface area (Å²) in [4.78, 5) is 0. The lowest BCUT2D eigenvalue weighted by Gasteiger charge is -2.44. The minimum Gasteiger partial charge on any atom is -0.103 e. The van der Waals surface area contributed by atoms with Crippen LogP contribution in [0.2, 0.25) is 0 Å². The quantitative estimate of drug-likeness (QED) is 0.0846. The maximum absolute atomic E-state index is 3.89. The zero-order valence-electron chi connectivity index (χ0n) is 48.0. The molecular formula is C70H116. The molecule has 12 aliphatic rings. The molecule has 0 aromatic carbocycles. The summed E-state index contributed by atoms with van der Waals surface area (Å²) in [6, 6.07) is 0. The largest absolute Gasteiger partial charge is 0.103 e. The fourth-order valence-corrected chi connectivity index (χ4v) is 17.8. The van der Waals surface area contributed by atoms with Crippen LogP contribution in [0.15, 0.2) is 50.6 Å². The van der Waals surface area contributed by atoms with E-state index in [0.29, 0.717) is 0 Å². The highest BCUT2D eigenvalue weighted by molar-refractivity contribution is 5.05. The number of rotatable bonds is 24. The van der Waals surface area contributed by atoms with Crippen molar-refractivity contribution in [2.45, 2.75) is 210 Å². The van der Waals surface area contributed by atoms with Gasteiger partial charge >= 0.3 is 0 Å². The lowest BCUT2D eigenvalue weighted by Crippen LogP contribution is -2.35. The Labute approximate surface area is 436 Å². The molecular weight excluding hydrogens is 841 g/mol. The maximum atomic E-state index is 3.89. The molecule has 0 aliphatic heterocycles. The van der Waals surface area contributed by atoms with Crippen LogP contribution in [0, 0.1) is 178 Å². The molecule has 70 heavy (non-hydrogen) atoms. The van der Waals surface area contributed by atoms with E-state index in [4.69, 9.17) is 0 Å². The molecule has 12 rings (SSSR count). The Bertz CT molecular complexity index is 1460. The van der Waals surface area contributed by atoms with Crippen LogP contribution in [-0.4, -0.2) is 0 Å². The second-order valence-corrected chi connectivity index (χ2v) is 30.7. The van der Waals surface area contributed by atoms with E-state index in [2.05, 4.69) is 120 Å². The molecule has 20 unspecified atom stereocenters. The van der Waals surface area contributed by atoms with Gasteiger partial charge in [0.05, 0.1) is 0 Å². The first-order valence-electron chi connectivity index (χ1n) is 32.0. The summed E-state index contributed by atoms with van der Waals surface area (Å²) in [5.41, 5.74) is 0. The van der Waals surface area contributed by atoms with Crippen LogP contribution in [0.3, 0.4) is 0 Å². The highest BCUT2D eigenvalue weighted by atomic mass is 14.6. The third-order valence-electron chi connectivity index (χ3n) is 24.3. The first-order chi connectivity index (χ1) is 33.5. The summed E-state index contributed by atoms with van der Waals surface area (Å²) in [5, 5.41) is 0. The smallest absolute Gasteiger partial charge is 0.0205 e. The Hall–Kier alpha value is -1.04. The fourth-order valence-electron chi connectivity index (χ4n) is 17.8. The molecule has 0 spiro atoms. The van der Waals surface area contributed by atoms with Crippen LogP contribution >= 0.6 is 0 Å². The van der Waals surface area contributed by atoms with Crippen molar-refractivity contribution >= 4 is 0 Å². The van der Waals surface area contributed by atoms with E-state index in [1.54, 1.807) is 64.2 Å². The van der Waals surface area contributed by atoms with E-state index in [9.17, 15) is 0 Å². The van der Waals surface area contributed by atoms with Crippen molar-refractivity contribution in [3.05, 3.63) is 50.6 Å². The third-order valence-corrected chi connectivity index (χ3v) is 24.3. The van der Waals surface area contributed by atoms with E-state index >= 15 is 0 Å². The molecule has 0 aromatic heterocycles. The summed E-state index contributed by atoms with van der Waals surface area (Å²) in [7, 11) is 0. The SMILES string of the molecule is C=CC1CC1CC1CC(CC2CC2C=C)C1.C=CC1CC1CC1CC(CC2CC2C=C)C1.CC(C)C1CC1CC1CC(CC2CC2C(C)C)C1C.CC(C)C1CC1CC1CC(CC2CC2C(C)C)C1C. The molecule has 12 aliphatic carbocycles. The van der Waals surface area contributed by atoms with Gasteiger partial charge in [-0.3, -0.25) is 0 Å². The zero-order valence-corrected chi connectivity index (χ0v) is 48.0. The average Bonchev–Trinajstić information content (AvgIpc) is 4.09. The summed E-state index contributed by atoms with van der Waals surface area (Å²) < 4.78 is 0. The Morgan fingerprint density at radius 1 is 0.271 bits per heavy atom. The molecule has 0 bridgehead atoms. The Morgan fingerprint density at radius 3 is 0.629 bits per heavy atom. The van der Waals surface area contributed by atoms with Gasteiger partial charge in [-0.2, -0.15) is 0 Å². The van der Waals surface area contributed by atoms with Crippen molar-refractivity contribution < 1.29 is 0 Å². The van der Waals surface area contributed by atoms with E-state index in [1.807, 2.05) is 0 Å². The highest BCUT2D eigenvalue weighted by Crippen LogP contribution is 2.60. The lowest BCUT2D eigenvalue weighted by atomic mass is 9.62. The standard InChI is InChI=1S/2C19H34.2C16H24/c2*1-11(2)18-9-16(18)7-14-6-15(13(14)5)8-17-10-19(17)12(3)4;2*1-3-13-9-15(13)7-11-5-12(6-11)8-16-10-14(16)4-2/h2*11-19H,6-10H2,1-5H3;2*3-4,11-16H,1-2,5-10H2. The second kappa shape index (κ2) is 23.1. The first kappa shape index (κ1) is 53.8. The molecule has 12 fully saturated rings. The predicted octanol–water partition coefficient (Wildman–Crippen LogP) is 20.1. The van der Waals surface area contributed by atoms with Gasteiger partial charge in [0.25, 0.3) is 0 Å². The van der Waals surface area contributed by atoms with Crippen molar-refractivity contribution in [2.75, 3.05) is 0 Å². The van der Waals surface area contributed by atoms with Crippen molar-refractivity contribution in [1.29, 1.82) is 0 Å². The highest BCUT2D eigenvalue weighted by Gasteiger charge is 2.51. The number of allylic oxidation sites excluding steroid dienone is 4. The Kier molecular flexibility index (Phi) is 17.7. The van der Waals surface area contributed by atoms with Crippen molar-refractivity contribution in [3.8, 4) is 0 Å². The molecule has 0 radical (unpaired) electrons. The minimum absolute atomic E-state index is 0.882. The molecule has 20 atom stereocenters.